The molecule has 0 spiro atoms. The molecule has 132 valence electrons. The zero-order valence-electron chi connectivity index (χ0n) is 13.7. The van der Waals surface area contributed by atoms with Crippen LogP contribution in [-0.2, 0) is 19.7 Å². The van der Waals surface area contributed by atoms with Crippen molar-refractivity contribution >= 4 is 23.5 Å². The van der Waals surface area contributed by atoms with Crippen LogP contribution >= 0.6 is 11.6 Å². The van der Waals surface area contributed by atoms with Gasteiger partial charge in [-0.1, -0.05) is 29.8 Å². The number of carbonyl (C=O) groups excluding carboxylic acids is 1. The maximum absolute atomic E-state index is 12.1. The van der Waals surface area contributed by atoms with Gasteiger partial charge in [0.2, 0.25) is 5.91 Å². The normalized spacial score (nSPS) is 16.5. The number of nitrogens with one attached hydrogen (secondary N) is 1. The van der Waals surface area contributed by atoms with E-state index in [1.54, 1.807) is 0 Å². The Kier molecular flexibility index (Phi) is 7.06. The fraction of sp³-hybridized carbons (Fsp3) is 0.556. The molecule has 5 nitrogen and oxygen atoms in total. The lowest BCUT2D eigenvalue weighted by Gasteiger charge is -2.38. The Balaban J connectivity index is 1.94. The Hall–Kier alpha value is -1.59. The number of unbranched alkanes of at least 4 members (excludes halogenated alkanes) is 1. The molecule has 1 fully saturated rings. The number of hydrogen-bond acceptors (Lipinski definition) is 3. The molecule has 0 saturated carbocycles. The van der Waals surface area contributed by atoms with Crippen molar-refractivity contribution in [2.24, 2.45) is 0 Å². The average Bonchev–Trinajstić information content (AvgIpc) is 2.58. The van der Waals surface area contributed by atoms with Crippen LogP contribution in [0.3, 0.4) is 0 Å². The Bertz CT molecular complexity index is 570. The molecule has 0 unspecified atom stereocenters. The van der Waals surface area contributed by atoms with Crippen LogP contribution in [0, 0.1) is 0 Å². The van der Waals surface area contributed by atoms with E-state index in [4.69, 9.17) is 21.4 Å². The van der Waals surface area contributed by atoms with E-state index >= 15 is 0 Å². The van der Waals surface area contributed by atoms with Crippen LogP contribution in [0.25, 0.3) is 0 Å². The van der Waals surface area contributed by atoms with Crippen LogP contribution in [-0.4, -0.2) is 36.7 Å². The first kappa shape index (κ1) is 18.7. The topological polar surface area (TPSA) is 75.6 Å². The lowest BCUT2D eigenvalue weighted by molar-refractivity contribution is -0.137. The van der Waals surface area contributed by atoms with E-state index in [1.165, 1.54) is 0 Å². The molecule has 6 heteroatoms. The largest absolute Gasteiger partial charge is 0.481 e. The summed E-state index contributed by atoms with van der Waals surface area (Å²) < 4.78 is 5.48. The summed E-state index contributed by atoms with van der Waals surface area (Å²) in [5.41, 5.74) is 0.856. The van der Waals surface area contributed by atoms with Crippen molar-refractivity contribution in [3.8, 4) is 0 Å². The first-order chi connectivity index (χ1) is 11.5. The quantitative estimate of drug-likeness (QED) is 0.704. The smallest absolute Gasteiger partial charge is 0.303 e. The van der Waals surface area contributed by atoms with E-state index in [-0.39, 0.29) is 17.7 Å². The molecule has 1 aliphatic heterocycles. The molecular weight excluding hydrogens is 330 g/mol. The molecule has 1 aliphatic rings. The molecular formula is C18H24ClNO4. The van der Waals surface area contributed by atoms with Crippen LogP contribution in [0.5, 0.6) is 0 Å². The number of halogens is 1. The van der Waals surface area contributed by atoms with Gasteiger partial charge >= 0.3 is 5.97 Å². The third-order valence-corrected chi connectivity index (χ3v) is 4.89. The minimum absolute atomic E-state index is 0.0432. The zero-order chi connectivity index (χ0) is 17.4. The summed E-state index contributed by atoms with van der Waals surface area (Å²) in [4.78, 5) is 22.5. The summed E-state index contributed by atoms with van der Waals surface area (Å²) in [5, 5.41) is 12.3. The second-order valence-electron chi connectivity index (χ2n) is 6.25. The van der Waals surface area contributed by atoms with E-state index in [0.717, 1.165) is 23.4 Å². The van der Waals surface area contributed by atoms with Crippen molar-refractivity contribution in [3.63, 3.8) is 0 Å². The summed E-state index contributed by atoms with van der Waals surface area (Å²) in [6.07, 6.45) is 3.19. The fourth-order valence-corrected chi connectivity index (χ4v) is 3.45. The van der Waals surface area contributed by atoms with Crippen molar-refractivity contribution in [1.29, 1.82) is 0 Å². The predicted molar refractivity (Wildman–Crippen MR) is 92.3 cm³/mol. The van der Waals surface area contributed by atoms with Crippen molar-refractivity contribution < 1.29 is 19.4 Å². The molecule has 1 amide bonds. The van der Waals surface area contributed by atoms with Gasteiger partial charge in [-0.2, -0.15) is 0 Å². The number of amides is 1. The lowest BCUT2D eigenvalue weighted by Crippen LogP contribution is -2.44. The highest BCUT2D eigenvalue weighted by Crippen LogP contribution is 2.38. The highest BCUT2D eigenvalue weighted by molar-refractivity contribution is 6.31. The standard InChI is InChI=1S/C18H24ClNO4/c19-15-6-2-1-5-14(15)18(9-11-24-12-10-18)13-20-16(21)7-3-4-8-17(22)23/h1-2,5-6H,3-4,7-13H2,(H,20,21)(H,22,23). The van der Waals surface area contributed by atoms with E-state index in [0.29, 0.717) is 39.0 Å². The van der Waals surface area contributed by atoms with Crippen molar-refractivity contribution in [2.75, 3.05) is 19.8 Å². The number of carboxylic acids is 1. The number of aliphatic carboxylic acids is 1. The summed E-state index contributed by atoms with van der Waals surface area (Å²) in [6.45, 7) is 1.83. The number of benzene rings is 1. The molecule has 0 aliphatic carbocycles. The highest BCUT2D eigenvalue weighted by atomic mass is 35.5. The number of carbonyl (C=O) groups is 2. The summed E-state index contributed by atoms with van der Waals surface area (Å²) in [6, 6.07) is 7.76. The van der Waals surface area contributed by atoms with Crippen LogP contribution in [0.4, 0.5) is 0 Å². The molecule has 0 radical (unpaired) electrons. The number of ether oxygens (including phenoxy) is 1. The Morgan fingerprint density at radius 3 is 2.50 bits per heavy atom. The van der Waals surface area contributed by atoms with Gasteiger partial charge < -0.3 is 15.2 Å². The van der Waals surface area contributed by atoms with Crippen LogP contribution in [0.1, 0.15) is 44.1 Å². The third kappa shape index (κ3) is 5.21. The minimum Gasteiger partial charge on any atom is -0.481 e. The van der Waals surface area contributed by atoms with Crippen LogP contribution < -0.4 is 5.32 Å². The first-order valence-corrected chi connectivity index (χ1v) is 8.72. The first-order valence-electron chi connectivity index (χ1n) is 8.35. The Morgan fingerprint density at radius 2 is 1.83 bits per heavy atom. The SMILES string of the molecule is O=C(O)CCCCC(=O)NCC1(c2ccccc2Cl)CCOCC1. The van der Waals surface area contributed by atoms with E-state index < -0.39 is 5.97 Å². The van der Waals surface area contributed by atoms with Crippen molar-refractivity contribution in [3.05, 3.63) is 34.9 Å². The van der Waals surface area contributed by atoms with Gasteiger partial charge in [-0.3, -0.25) is 9.59 Å². The van der Waals surface area contributed by atoms with Gasteiger partial charge in [0.05, 0.1) is 0 Å². The molecule has 1 saturated heterocycles. The predicted octanol–water partition coefficient (Wildman–Crippen LogP) is 3.15. The van der Waals surface area contributed by atoms with Crippen LogP contribution in [0.2, 0.25) is 5.02 Å². The molecule has 1 heterocycles. The van der Waals surface area contributed by atoms with E-state index in [1.807, 2.05) is 24.3 Å². The monoisotopic (exact) mass is 353 g/mol. The molecule has 2 N–H and O–H groups in total. The summed E-state index contributed by atoms with van der Waals surface area (Å²) >= 11 is 6.39. The fourth-order valence-electron chi connectivity index (χ4n) is 3.11. The molecule has 24 heavy (non-hydrogen) atoms. The lowest BCUT2D eigenvalue weighted by atomic mass is 9.74. The Morgan fingerprint density at radius 1 is 1.17 bits per heavy atom. The summed E-state index contributed by atoms with van der Waals surface area (Å²) in [7, 11) is 0. The molecule has 0 bridgehead atoms. The maximum Gasteiger partial charge on any atom is 0.303 e. The Labute approximate surface area is 147 Å². The number of hydrogen-bond donors (Lipinski definition) is 2. The van der Waals surface area contributed by atoms with Gasteiger partial charge in [-0.15, -0.1) is 0 Å². The van der Waals surface area contributed by atoms with Gasteiger partial charge in [-0.05, 0) is 37.3 Å². The van der Waals surface area contributed by atoms with E-state index in [9.17, 15) is 9.59 Å². The minimum atomic E-state index is -0.824. The molecule has 1 aromatic rings. The zero-order valence-corrected chi connectivity index (χ0v) is 14.5. The van der Waals surface area contributed by atoms with Crippen molar-refractivity contribution in [2.45, 2.75) is 43.9 Å². The summed E-state index contributed by atoms with van der Waals surface area (Å²) in [5.74, 6) is -0.867. The maximum atomic E-state index is 12.1. The van der Waals surface area contributed by atoms with Crippen LogP contribution in [0.15, 0.2) is 24.3 Å². The molecule has 2 rings (SSSR count). The molecule has 0 aromatic heterocycles. The van der Waals surface area contributed by atoms with Gasteiger partial charge in [-0.25, -0.2) is 0 Å². The highest BCUT2D eigenvalue weighted by Gasteiger charge is 2.36. The molecule has 1 aromatic carbocycles. The molecule has 0 atom stereocenters. The van der Waals surface area contributed by atoms with Crippen molar-refractivity contribution in [1.82, 2.24) is 5.32 Å². The third-order valence-electron chi connectivity index (χ3n) is 4.56. The number of carboxylic acid groups (broad SMARTS) is 1. The number of rotatable bonds is 8. The van der Waals surface area contributed by atoms with Gasteiger partial charge in [0.15, 0.2) is 0 Å². The van der Waals surface area contributed by atoms with Gasteiger partial charge in [0, 0.05) is 43.0 Å². The van der Waals surface area contributed by atoms with E-state index in [2.05, 4.69) is 5.32 Å². The average molecular weight is 354 g/mol. The second-order valence-corrected chi connectivity index (χ2v) is 6.66. The van der Waals surface area contributed by atoms with Gasteiger partial charge in [0.25, 0.3) is 0 Å². The van der Waals surface area contributed by atoms with Gasteiger partial charge in [0.1, 0.15) is 0 Å². The second kappa shape index (κ2) is 9.04.